The summed E-state index contributed by atoms with van der Waals surface area (Å²) in [6, 6.07) is 9.79. The van der Waals surface area contributed by atoms with Gasteiger partial charge in [0.2, 0.25) is 0 Å². The molecule has 0 radical (unpaired) electrons. The van der Waals surface area contributed by atoms with Gasteiger partial charge in [-0.2, -0.15) is 0 Å². The molecule has 128 valence electrons. The maximum Gasteiger partial charge on any atom is 0.320 e. The number of anilines is 1. The van der Waals surface area contributed by atoms with E-state index in [0.717, 1.165) is 4.47 Å². The molecule has 1 aromatic heterocycles. The topological polar surface area (TPSA) is 91.4 Å². The maximum absolute atomic E-state index is 12.2. The zero-order valence-corrected chi connectivity index (χ0v) is 14.7. The third-order valence-corrected chi connectivity index (χ3v) is 4.18. The number of urea groups is 1. The number of aromatic nitrogens is 1. The summed E-state index contributed by atoms with van der Waals surface area (Å²) >= 11 is 3.30. The Labute approximate surface area is 152 Å². The molecule has 8 heteroatoms. The van der Waals surface area contributed by atoms with Crippen LogP contribution in [0.1, 0.15) is 27.1 Å². The van der Waals surface area contributed by atoms with E-state index in [4.69, 9.17) is 0 Å². The number of rotatable bonds is 5. The van der Waals surface area contributed by atoms with Gasteiger partial charge in [0.15, 0.2) is 0 Å². The monoisotopic (exact) mass is 402 g/mol. The molecule has 0 unspecified atom stereocenters. The first-order valence-electron chi connectivity index (χ1n) is 7.68. The minimum atomic E-state index is -0.395. The molecule has 2 heterocycles. The van der Waals surface area contributed by atoms with Crippen molar-refractivity contribution in [1.29, 1.82) is 0 Å². The van der Waals surface area contributed by atoms with E-state index < -0.39 is 6.03 Å². The lowest BCUT2D eigenvalue weighted by Gasteiger charge is -2.14. The first kappa shape index (κ1) is 17.1. The van der Waals surface area contributed by atoms with Crippen LogP contribution in [0.3, 0.4) is 0 Å². The second-order valence-corrected chi connectivity index (χ2v) is 6.32. The molecule has 0 atom stereocenters. The second kappa shape index (κ2) is 7.43. The summed E-state index contributed by atoms with van der Waals surface area (Å²) in [6.45, 7) is 0.578. The molecule has 4 amide bonds. The third-order valence-electron chi connectivity index (χ3n) is 3.69. The number of nitrogens with zero attached hydrogens (tertiary/aromatic N) is 2. The number of pyridine rings is 1. The highest BCUT2D eigenvalue weighted by Gasteiger charge is 2.34. The Kier molecular flexibility index (Phi) is 5.08. The summed E-state index contributed by atoms with van der Waals surface area (Å²) in [7, 11) is 0. The minimum Gasteiger partial charge on any atom is -0.338 e. The summed E-state index contributed by atoms with van der Waals surface area (Å²) in [5, 5.41) is 5.28. The van der Waals surface area contributed by atoms with Crippen LogP contribution < -0.4 is 10.6 Å². The smallest absolute Gasteiger partial charge is 0.320 e. The summed E-state index contributed by atoms with van der Waals surface area (Å²) in [6.07, 6.45) is 2.03. The minimum absolute atomic E-state index is 0.252. The van der Waals surface area contributed by atoms with Crippen LogP contribution >= 0.6 is 15.9 Å². The van der Waals surface area contributed by atoms with Crippen molar-refractivity contribution in [3.8, 4) is 0 Å². The van der Waals surface area contributed by atoms with E-state index in [9.17, 15) is 14.4 Å². The zero-order valence-electron chi connectivity index (χ0n) is 13.2. The maximum atomic E-state index is 12.2. The van der Waals surface area contributed by atoms with E-state index in [1.807, 2.05) is 0 Å². The van der Waals surface area contributed by atoms with Crippen molar-refractivity contribution < 1.29 is 14.4 Å². The van der Waals surface area contributed by atoms with Crippen molar-refractivity contribution in [3.63, 3.8) is 0 Å². The fourth-order valence-corrected chi connectivity index (χ4v) is 2.85. The number of carbonyl (C=O) groups is 3. The van der Waals surface area contributed by atoms with E-state index >= 15 is 0 Å². The first-order valence-corrected chi connectivity index (χ1v) is 8.47. The lowest BCUT2D eigenvalue weighted by Crippen LogP contribution is -2.35. The van der Waals surface area contributed by atoms with Crippen molar-refractivity contribution in [2.24, 2.45) is 0 Å². The fraction of sp³-hybridized carbons (Fsp3) is 0.176. The van der Waals surface area contributed by atoms with Gasteiger partial charge >= 0.3 is 6.03 Å². The van der Waals surface area contributed by atoms with Gasteiger partial charge in [-0.3, -0.25) is 19.8 Å². The van der Waals surface area contributed by atoms with Crippen LogP contribution in [0.5, 0.6) is 0 Å². The molecule has 1 aliphatic rings. The van der Waals surface area contributed by atoms with Crippen molar-refractivity contribution in [2.45, 2.75) is 6.42 Å². The molecule has 0 aliphatic carbocycles. The predicted molar refractivity (Wildman–Crippen MR) is 95.4 cm³/mol. The Hall–Kier alpha value is -2.74. The number of carbonyl (C=O) groups excluding carboxylic acids is 3. The van der Waals surface area contributed by atoms with Gasteiger partial charge in [-0.25, -0.2) is 9.78 Å². The van der Waals surface area contributed by atoms with Gasteiger partial charge in [-0.05, 0) is 30.7 Å². The molecule has 25 heavy (non-hydrogen) atoms. The number of fused-ring (bicyclic) bond motifs is 1. The molecule has 0 saturated heterocycles. The highest BCUT2D eigenvalue weighted by atomic mass is 79.9. The van der Waals surface area contributed by atoms with Crippen molar-refractivity contribution in [1.82, 2.24) is 15.2 Å². The van der Waals surface area contributed by atoms with Gasteiger partial charge in [0.25, 0.3) is 11.8 Å². The Bertz CT molecular complexity index is 805. The van der Waals surface area contributed by atoms with E-state index in [-0.39, 0.29) is 18.4 Å². The average Bonchev–Trinajstić information content (AvgIpc) is 2.84. The van der Waals surface area contributed by atoms with Gasteiger partial charge in [-0.15, -0.1) is 0 Å². The number of benzene rings is 1. The fourth-order valence-electron chi connectivity index (χ4n) is 2.51. The Balaban J connectivity index is 1.45. The molecule has 2 aromatic rings. The number of imide groups is 1. The van der Waals surface area contributed by atoms with Crippen molar-refractivity contribution in [3.05, 3.63) is 58.2 Å². The Morgan fingerprint density at radius 2 is 1.80 bits per heavy atom. The average molecular weight is 403 g/mol. The van der Waals surface area contributed by atoms with E-state index in [1.54, 1.807) is 42.6 Å². The number of amides is 4. The van der Waals surface area contributed by atoms with E-state index in [2.05, 4.69) is 31.5 Å². The zero-order chi connectivity index (χ0) is 17.8. The lowest BCUT2D eigenvalue weighted by molar-refractivity contribution is 0.0653. The van der Waals surface area contributed by atoms with Crippen molar-refractivity contribution in [2.75, 3.05) is 18.4 Å². The molecule has 1 aliphatic heterocycles. The lowest BCUT2D eigenvalue weighted by atomic mass is 10.1. The molecule has 0 bridgehead atoms. The molecule has 0 fully saturated rings. The molecule has 2 N–H and O–H groups in total. The normalized spacial score (nSPS) is 12.9. The second-order valence-electron chi connectivity index (χ2n) is 5.40. The van der Waals surface area contributed by atoms with Crippen LogP contribution in [0, 0.1) is 0 Å². The first-order chi connectivity index (χ1) is 12.1. The number of hydrogen-bond donors (Lipinski definition) is 2. The number of nitrogens with one attached hydrogen (secondary N) is 2. The predicted octanol–water partition coefficient (Wildman–Crippen LogP) is 2.65. The standard InChI is InChI=1S/C17H15BrN4O3/c18-11-6-8-19-14(10-11)21-17(25)20-7-3-9-22-15(23)12-4-1-2-5-13(12)16(22)24/h1-2,4-6,8,10H,3,7,9H2,(H2,19,20,21,25). The molecule has 1 aromatic carbocycles. The summed E-state index contributed by atoms with van der Waals surface area (Å²) in [5.41, 5.74) is 0.859. The van der Waals surface area contributed by atoms with Crippen molar-refractivity contribution >= 4 is 39.6 Å². The molecular formula is C17H15BrN4O3. The van der Waals surface area contributed by atoms with Gasteiger partial charge in [0, 0.05) is 23.8 Å². The van der Waals surface area contributed by atoms with Crippen LogP contribution in [0.25, 0.3) is 0 Å². The summed E-state index contributed by atoms with van der Waals surface area (Å²) in [4.78, 5) is 41.4. The number of hydrogen-bond acceptors (Lipinski definition) is 4. The molecular weight excluding hydrogens is 388 g/mol. The van der Waals surface area contributed by atoms with Gasteiger partial charge < -0.3 is 5.32 Å². The number of halogens is 1. The summed E-state index contributed by atoms with van der Waals surface area (Å²) in [5.74, 6) is -0.154. The van der Waals surface area contributed by atoms with Crippen LogP contribution in [-0.4, -0.2) is 40.8 Å². The van der Waals surface area contributed by atoms with Gasteiger partial charge in [0.05, 0.1) is 11.1 Å². The van der Waals surface area contributed by atoms with E-state index in [1.165, 1.54) is 4.90 Å². The Morgan fingerprint density at radius 3 is 2.44 bits per heavy atom. The van der Waals surface area contributed by atoms with Crippen LogP contribution in [0.2, 0.25) is 0 Å². The van der Waals surface area contributed by atoms with Crippen LogP contribution in [0.4, 0.5) is 10.6 Å². The van der Waals surface area contributed by atoms with Gasteiger partial charge in [0.1, 0.15) is 5.82 Å². The Morgan fingerprint density at radius 1 is 1.12 bits per heavy atom. The van der Waals surface area contributed by atoms with Gasteiger partial charge in [-0.1, -0.05) is 28.1 Å². The van der Waals surface area contributed by atoms with Crippen LogP contribution in [-0.2, 0) is 0 Å². The third kappa shape index (κ3) is 3.85. The molecule has 0 spiro atoms. The SMILES string of the molecule is O=C(NCCCN1C(=O)c2ccccc2C1=O)Nc1cc(Br)ccn1. The molecule has 0 saturated carbocycles. The highest BCUT2D eigenvalue weighted by Crippen LogP contribution is 2.22. The quantitative estimate of drug-likeness (QED) is 0.593. The largest absolute Gasteiger partial charge is 0.338 e. The molecule has 7 nitrogen and oxygen atoms in total. The van der Waals surface area contributed by atoms with Crippen LogP contribution in [0.15, 0.2) is 47.1 Å². The highest BCUT2D eigenvalue weighted by molar-refractivity contribution is 9.10. The molecule has 3 rings (SSSR count). The van der Waals surface area contributed by atoms with E-state index in [0.29, 0.717) is 29.9 Å². The summed E-state index contributed by atoms with van der Waals surface area (Å²) < 4.78 is 0.809.